The van der Waals surface area contributed by atoms with E-state index in [4.69, 9.17) is 4.74 Å². The highest BCUT2D eigenvalue weighted by Gasteiger charge is 2.11. The van der Waals surface area contributed by atoms with Crippen molar-refractivity contribution >= 4 is 37.8 Å². The number of carbonyl (C=O) groups excluding carboxylic acids is 1. The highest BCUT2D eigenvalue weighted by molar-refractivity contribution is 9.11. The molecule has 0 aliphatic carbocycles. The number of halogens is 2. The zero-order valence-electron chi connectivity index (χ0n) is 9.55. The van der Waals surface area contributed by atoms with Crippen LogP contribution in [0.15, 0.2) is 21.1 Å². The van der Waals surface area contributed by atoms with Crippen molar-refractivity contribution in [2.24, 2.45) is 0 Å². The molecule has 0 fully saturated rings. The van der Waals surface area contributed by atoms with Gasteiger partial charge in [-0.3, -0.25) is 0 Å². The molecular weight excluding hydrogens is 354 g/mol. The van der Waals surface area contributed by atoms with Crippen molar-refractivity contribution in [2.45, 2.75) is 6.54 Å². The van der Waals surface area contributed by atoms with Crippen LogP contribution in [0.3, 0.4) is 0 Å². The van der Waals surface area contributed by atoms with Gasteiger partial charge in [0.1, 0.15) is 5.75 Å². The van der Waals surface area contributed by atoms with Crippen LogP contribution in [0.2, 0.25) is 0 Å². The van der Waals surface area contributed by atoms with Gasteiger partial charge in [0, 0.05) is 6.54 Å². The number of hydrogen-bond donors (Lipinski definition) is 1. The van der Waals surface area contributed by atoms with Gasteiger partial charge >= 0.3 is 5.97 Å². The lowest BCUT2D eigenvalue weighted by Crippen LogP contribution is -2.13. The highest BCUT2D eigenvalue weighted by Crippen LogP contribution is 2.34. The molecule has 0 amide bonds. The monoisotopic (exact) mass is 365 g/mol. The molecule has 0 atom stereocenters. The van der Waals surface area contributed by atoms with E-state index in [0.29, 0.717) is 5.75 Å². The van der Waals surface area contributed by atoms with E-state index >= 15 is 0 Å². The predicted molar refractivity (Wildman–Crippen MR) is 72.1 cm³/mol. The number of nitrogens with one attached hydrogen (secondary N) is 1. The van der Waals surface area contributed by atoms with Crippen LogP contribution in [0.4, 0.5) is 0 Å². The van der Waals surface area contributed by atoms with E-state index in [9.17, 15) is 4.79 Å². The van der Waals surface area contributed by atoms with Gasteiger partial charge in [-0.05, 0) is 56.6 Å². The van der Waals surface area contributed by atoms with Gasteiger partial charge in [0.05, 0.1) is 16.1 Å². The quantitative estimate of drug-likeness (QED) is 0.813. The van der Waals surface area contributed by atoms with Gasteiger partial charge in [-0.25, -0.2) is 4.79 Å². The number of benzene rings is 1. The van der Waals surface area contributed by atoms with Gasteiger partial charge in [0.15, 0.2) is 6.61 Å². The Morgan fingerprint density at radius 2 is 1.94 bits per heavy atom. The molecule has 0 aliphatic rings. The summed E-state index contributed by atoms with van der Waals surface area (Å²) in [5.41, 5.74) is 1.11. The third-order valence-electron chi connectivity index (χ3n) is 2.00. The molecule has 0 heterocycles. The molecule has 0 saturated heterocycles. The van der Waals surface area contributed by atoms with E-state index in [0.717, 1.165) is 21.1 Å². The fraction of sp³-hybridized carbons (Fsp3) is 0.364. The molecule has 0 bridgehead atoms. The minimum absolute atomic E-state index is 0.112. The average Bonchev–Trinajstić information content (AvgIpc) is 2.28. The number of carbonyl (C=O) groups is 1. The Morgan fingerprint density at radius 3 is 2.41 bits per heavy atom. The zero-order chi connectivity index (χ0) is 12.8. The minimum Gasteiger partial charge on any atom is -0.480 e. The normalized spacial score (nSPS) is 10.1. The molecule has 6 heteroatoms. The first kappa shape index (κ1) is 14.5. The van der Waals surface area contributed by atoms with Crippen LogP contribution in [0.1, 0.15) is 5.56 Å². The summed E-state index contributed by atoms with van der Waals surface area (Å²) in [6.45, 7) is 0.646. The molecule has 1 aromatic rings. The van der Waals surface area contributed by atoms with Crippen molar-refractivity contribution < 1.29 is 14.3 Å². The van der Waals surface area contributed by atoms with Crippen LogP contribution in [-0.4, -0.2) is 26.7 Å². The Balaban J connectivity index is 2.82. The van der Waals surface area contributed by atoms with Crippen LogP contribution in [0, 0.1) is 0 Å². The van der Waals surface area contributed by atoms with Gasteiger partial charge in [0.2, 0.25) is 0 Å². The fourth-order valence-electron chi connectivity index (χ4n) is 1.25. The van der Waals surface area contributed by atoms with Crippen molar-refractivity contribution in [2.75, 3.05) is 20.8 Å². The molecule has 0 radical (unpaired) electrons. The molecule has 0 saturated carbocycles. The second kappa shape index (κ2) is 6.98. The molecule has 4 nitrogen and oxygen atoms in total. The Hall–Kier alpha value is -0.590. The Bertz CT molecular complexity index is 387. The Morgan fingerprint density at radius 1 is 1.35 bits per heavy atom. The number of esters is 1. The summed E-state index contributed by atoms with van der Waals surface area (Å²) in [6, 6.07) is 3.88. The number of ether oxygens (including phenoxy) is 2. The summed E-state index contributed by atoms with van der Waals surface area (Å²) in [6.07, 6.45) is 0. The van der Waals surface area contributed by atoms with E-state index in [1.54, 1.807) is 0 Å². The first-order valence-electron chi connectivity index (χ1n) is 4.90. The highest BCUT2D eigenvalue weighted by atomic mass is 79.9. The lowest BCUT2D eigenvalue weighted by Gasteiger charge is -2.11. The molecular formula is C11H13Br2NO3. The third kappa shape index (κ3) is 4.29. The van der Waals surface area contributed by atoms with Crippen LogP contribution < -0.4 is 10.1 Å². The maximum atomic E-state index is 11.0. The standard InChI is InChI=1S/C11H13Br2NO3/c1-14-5-7-3-8(12)11(9(13)4-7)17-6-10(15)16-2/h3-4,14H,5-6H2,1-2H3. The molecule has 17 heavy (non-hydrogen) atoms. The van der Waals surface area contributed by atoms with Crippen molar-refractivity contribution in [1.29, 1.82) is 0 Å². The van der Waals surface area contributed by atoms with E-state index < -0.39 is 5.97 Å². The third-order valence-corrected chi connectivity index (χ3v) is 3.18. The van der Waals surface area contributed by atoms with Crippen molar-refractivity contribution in [1.82, 2.24) is 5.32 Å². The summed E-state index contributed by atoms with van der Waals surface area (Å²) in [7, 11) is 3.20. The van der Waals surface area contributed by atoms with Gasteiger partial charge in [-0.1, -0.05) is 0 Å². The van der Waals surface area contributed by atoms with Gasteiger partial charge in [-0.2, -0.15) is 0 Å². The number of methoxy groups -OCH3 is 1. The molecule has 0 aromatic heterocycles. The SMILES string of the molecule is CNCc1cc(Br)c(OCC(=O)OC)c(Br)c1. The molecule has 94 valence electrons. The summed E-state index contributed by atoms with van der Waals surface area (Å²) < 4.78 is 11.5. The van der Waals surface area contributed by atoms with E-state index in [-0.39, 0.29) is 6.61 Å². The minimum atomic E-state index is -0.414. The topological polar surface area (TPSA) is 47.6 Å². The fourth-order valence-corrected chi connectivity index (χ4v) is 2.76. The van der Waals surface area contributed by atoms with E-state index in [2.05, 4.69) is 41.9 Å². The molecule has 1 N–H and O–H groups in total. The second-order valence-electron chi connectivity index (χ2n) is 3.28. The molecule has 1 aromatic carbocycles. The van der Waals surface area contributed by atoms with Crippen molar-refractivity contribution in [3.05, 3.63) is 26.6 Å². The van der Waals surface area contributed by atoms with Gasteiger partial charge in [-0.15, -0.1) is 0 Å². The van der Waals surface area contributed by atoms with Crippen molar-refractivity contribution in [3.8, 4) is 5.75 Å². The summed E-state index contributed by atoms with van der Waals surface area (Å²) in [5.74, 6) is 0.179. The molecule has 1 rings (SSSR count). The lowest BCUT2D eigenvalue weighted by molar-refractivity contribution is -0.142. The number of hydrogen-bond acceptors (Lipinski definition) is 4. The molecule has 0 spiro atoms. The first-order chi connectivity index (χ1) is 8.08. The van der Waals surface area contributed by atoms with E-state index in [1.807, 2.05) is 19.2 Å². The Labute approximate surface area is 117 Å². The zero-order valence-corrected chi connectivity index (χ0v) is 12.7. The number of rotatable bonds is 5. The van der Waals surface area contributed by atoms with Crippen LogP contribution >= 0.6 is 31.9 Å². The maximum Gasteiger partial charge on any atom is 0.343 e. The largest absolute Gasteiger partial charge is 0.480 e. The van der Waals surface area contributed by atoms with Crippen LogP contribution in [-0.2, 0) is 16.1 Å². The van der Waals surface area contributed by atoms with Crippen molar-refractivity contribution in [3.63, 3.8) is 0 Å². The summed E-state index contributed by atoms with van der Waals surface area (Å²) >= 11 is 6.81. The predicted octanol–water partition coefficient (Wildman–Crippen LogP) is 2.48. The van der Waals surface area contributed by atoms with E-state index in [1.165, 1.54) is 7.11 Å². The molecule has 0 aliphatic heterocycles. The van der Waals surface area contributed by atoms with Crippen LogP contribution in [0.25, 0.3) is 0 Å². The smallest absolute Gasteiger partial charge is 0.343 e. The Kier molecular flexibility index (Phi) is 5.94. The van der Waals surface area contributed by atoms with Crippen LogP contribution in [0.5, 0.6) is 5.75 Å². The summed E-state index contributed by atoms with van der Waals surface area (Å²) in [5, 5.41) is 3.06. The van der Waals surface area contributed by atoms with Gasteiger partial charge < -0.3 is 14.8 Å². The summed E-state index contributed by atoms with van der Waals surface area (Å²) in [4.78, 5) is 11.0. The molecule has 0 unspecified atom stereocenters. The average molecular weight is 367 g/mol. The lowest BCUT2D eigenvalue weighted by atomic mass is 10.2. The maximum absolute atomic E-state index is 11.0. The second-order valence-corrected chi connectivity index (χ2v) is 4.99. The first-order valence-corrected chi connectivity index (χ1v) is 6.49. The van der Waals surface area contributed by atoms with Gasteiger partial charge in [0.25, 0.3) is 0 Å².